The van der Waals surface area contributed by atoms with Crippen LogP contribution < -0.4 is 11.1 Å². The van der Waals surface area contributed by atoms with Gasteiger partial charge in [-0.15, -0.1) is 0 Å². The van der Waals surface area contributed by atoms with Gasteiger partial charge in [0.1, 0.15) is 0 Å². The summed E-state index contributed by atoms with van der Waals surface area (Å²) in [6, 6.07) is -0.775. The zero-order valence-corrected chi connectivity index (χ0v) is 9.01. The van der Waals surface area contributed by atoms with Gasteiger partial charge in [-0.1, -0.05) is 6.92 Å². The average Bonchev–Trinajstić information content (AvgIpc) is 2.44. The van der Waals surface area contributed by atoms with Crippen LogP contribution in [0, 0.1) is 0 Å². The first kappa shape index (κ1) is 11.5. The highest BCUT2D eigenvalue weighted by Gasteiger charge is 2.29. The lowest BCUT2D eigenvalue weighted by Gasteiger charge is -2.14. The van der Waals surface area contributed by atoms with E-state index >= 15 is 0 Å². The van der Waals surface area contributed by atoms with E-state index in [1.54, 1.807) is 0 Å². The molecule has 0 aromatic carbocycles. The molecule has 0 bridgehead atoms. The Balaban J connectivity index is 2.44. The molecule has 14 heavy (non-hydrogen) atoms. The molecule has 1 saturated heterocycles. The second-order valence-corrected chi connectivity index (χ2v) is 5.85. The average molecular weight is 220 g/mol. The maximum atomic E-state index is 11.3. The van der Waals surface area contributed by atoms with Gasteiger partial charge < -0.3 is 11.1 Å². The topological polar surface area (TPSA) is 89.3 Å². The third-order valence-electron chi connectivity index (χ3n) is 2.36. The van der Waals surface area contributed by atoms with Gasteiger partial charge in [0.25, 0.3) is 0 Å². The van der Waals surface area contributed by atoms with Crippen LogP contribution in [0.2, 0.25) is 0 Å². The Morgan fingerprint density at radius 1 is 1.64 bits per heavy atom. The quantitative estimate of drug-likeness (QED) is 0.640. The van der Waals surface area contributed by atoms with Crippen LogP contribution in [0.4, 0.5) is 0 Å². The molecular weight excluding hydrogens is 204 g/mol. The molecule has 1 amide bonds. The number of nitrogens with one attached hydrogen (secondary N) is 1. The van der Waals surface area contributed by atoms with Crippen molar-refractivity contribution >= 4 is 15.7 Å². The Morgan fingerprint density at radius 3 is 2.71 bits per heavy atom. The van der Waals surface area contributed by atoms with Gasteiger partial charge in [0.15, 0.2) is 9.84 Å². The van der Waals surface area contributed by atoms with Crippen molar-refractivity contribution in [3.8, 4) is 0 Å². The number of amides is 1. The highest BCUT2D eigenvalue weighted by molar-refractivity contribution is 7.91. The fourth-order valence-corrected chi connectivity index (χ4v) is 3.08. The maximum Gasteiger partial charge on any atom is 0.237 e. The molecule has 0 aromatic heterocycles. The Morgan fingerprint density at radius 2 is 2.29 bits per heavy atom. The van der Waals surface area contributed by atoms with E-state index in [0.717, 1.165) is 0 Å². The number of nitrogens with two attached hydrogens (primary N) is 1. The molecule has 82 valence electrons. The van der Waals surface area contributed by atoms with Crippen molar-refractivity contribution in [2.24, 2.45) is 5.73 Å². The lowest BCUT2D eigenvalue weighted by Crippen LogP contribution is -2.45. The molecule has 0 spiro atoms. The first-order valence-corrected chi connectivity index (χ1v) is 6.53. The van der Waals surface area contributed by atoms with Gasteiger partial charge in [-0.05, 0) is 12.8 Å². The molecule has 1 heterocycles. The van der Waals surface area contributed by atoms with Crippen molar-refractivity contribution in [2.45, 2.75) is 31.8 Å². The van der Waals surface area contributed by atoms with E-state index in [9.17, 15) is 13.2 Å². The van der Waals surface area contributed by atoms with Gasteiger partial charge in [-0.3, -0.25) is 4.79 Å². The summed E-state index contributed by atoms with van der Waals surface area (Å²) in [7, 11) is -2.93. The summed E-state index contributed by atoms with van der Waals surface area (Å²) in [5.74, 6) is -0.0382. The van der Waals surface area contributed by atoms with E-state index in [1.807, 2.05) is 6.92 Å². The second-order valence-electron chi connectivity index (χ2n) is 3.62. The standard InChI is InChI=1S/C8H16N2O3S/c1-2-7(9)8(11)10-6-3-4-14(12,13)5-6/h6-7H,2-5,9H2,1H3,(H,10,11). The molecule has 5 nitrogen and oxygen atoms in total. The molecule has 2 atom stereocenters. The fourth-order valence-electron chi connectivity index (χ4n) is 1.40. The van der Waals surface area contributed by atoms with E-state index < -0.39 is 15.9 Å². The molecule has 1 aliphatic rings. The molecule has 1 rings (SSSR count). The molecule has 1 fully saturated rings. The SMILES string of the molecule is CCC(N)C(=O)NC1CCS(=O)(=O)C1. The Labute approximate surface area is 84.0 Å². The van der Waals surface area contributed by atoms with Crippen molar-refractivity contribution in [3.05, 3.63) is 0 Å². The fraction of sp³-hybridized carbons (Fsp3) is 0.875. The van der Waals surface area contributed by atoms with Crippen molar-refractivity contribution in [1.82, 2.24) is 5.32 Å². The summed E-state index contributed by atoms with van der Waals surface area (Å²) in [5, 5.41) is 2.64. The van der Waals surface area contributed by atoms with Gasteiger partial charge in [0.2, 0.25) is 5.91 Å². The minimum Gasteiger partial charge on any atom is -0.351 e. The van der Waals surface area contributed by atoms with Crippen LogP contribution in [-0.4, -0.2) is 37.9 Å². The van der Waals surface area contributed by atoms with Gasteiger partial charge >= 0.3 is 0 Å². The molecule has 6 heteroatoms. The largest absolute Gasteiger partial charge is 0.351 e. The predicted octanol–water partition coefficient (Wildman–Crippen LogP) is -0.973. The van der Waals surface area contributed by atoms with E-state index in [2.05, 4.69) is 5.32 Å². The van der Waals surface area contributed by atoms with E-state index in [4.69, 9.17) is 5.73 Å². The van der Waals surface area contributed by atoms with Crippen molar-refractivity contribution in [2.75, 3.05) is 11.5 Å². The summed E-state index contributed by atoms with van der Waals surface area (Å²) in [4.78, 5) is 11.3. The van der Waals surface area contributed by atoms with Crippen LogP contribution in [0.15, 0.2) is 0 Å². The summed E-state index contributed by atoms with van der Waals surface area (Å²) < 4.78 is 22.2. The van der Waals surface area contributed by atoms with Crippen molar-refractivity contribution < 1.29 is 13.2 Å². The van der Waals surface area contributed by atoms with Crippen LogP contribution in [-0.2, 0) is 14.6 Å². The molecule has 0 aromatic rings. The number of sulfone groups is 1. The number of carbonyl (C=O) groups is 1. The van der Waals surface area contributed by atoms with Crippen molar-refractivity contribution in [3.63, 3.8) is 0 Å². The minimum atomic E-state index is -2.93. The minimum absolute atomic E-state index is 0.0508. The Hall–Kier alpha value is -0.620. The number of hydrogen-bond donors (Lipinski definition) is 2. The van der Waals surface area contributed by atoms with Gasteiger partial charge in [-0.2, -0.15) is 0 Å². The van der Waals surface area contributed by atoms with E-state index in [0.29, 0.717) is 12.8 Å². The zero-order valence-electron chi connectivity index (χ0n) is 8.19. The summed E-state index contributed by atoms with van der Waals surface area (Å²) in [6.07, 6.45) is 1.07. The Kier molecular flexibility index (Phi) is 3.49. The van der Waals surface area contributed by atoms with Gasteiger partial charge in [0.05, 0.1) is 17.5 Å². The van der Waals surface area contributed by atoms with Crippen LogP contribution in [0.1, 0.15) is 19.8 Å². The smallest absolute Gasteiger partial charge is 0.237 e. The van der Waals surface area contributed by atoms with Gasteiger partial charge in [0, 0.05) is 6.04 Å². The first-order valence-electron chi connectivity index (χ1n) is 4.71. The van der Waals surface area contributed by atoms with E-state index in [-0.39, 0.29) is 23.5 Å². The van der Waals surface area contributed by atoms with Crippen LogP contribution in [0.25, 0.3) is 0 Å². The van der Waals surface area contributed by atoms with Crippen molar-refractivity contribution in [1.29, 1.82) is 0 Å². The normalized spacial score (nSPS) is 27.1. The first-order chi connectivity index (χ1) is 6.44. The molecule has 3 N–H and O–H groups in total. The van der Waals surface area contributed by atoms with Crippen LogP contribution in [0.3, 0.4) is 0 Å². The molecule has 0 saturated carbocycles. The summed E-state index contributed by atoms with van der Waals surface area (Å²) in [6.45, 7) is 1.82. The molecule has 2 unspecified atom stereocenters. The zero-order chi connectivity index (χ0) is 10.8. The van der Waals surface area contributed by atoms with E-state index in [1.165, 1.54) is 0 Å². The Bertz CT molecular complexity index is 313. The predicted molar refractivity (Wildman–Crippen MR) is 53.5 cm³/mol. The molecular formula is C8H16N2O3S. The number of hydrogen-bond acceptors (Lipinski definition) is 4. The molecule has 0 radical (unpaired) electrons. The lowest BCUT2D eigenvalue weighted by atomic mass is 10.2. The molecule has 0 aliphatic carbocycles. The number of carbonyl (C=O) groups excluding carboxylic acids is 1. The monoisotopic (exact) mass is 220 g/mol. The molecule has 1 aliphatic heterocycles. The maximum absolute atomic E-state index is 11.3. The summed E-state index contributed by atoms with van der Waals surface area (Å²) >= 11 is 0. The van der Waals surface area contributed by atoms with Crippen LogP contribution in [0.5, 0.6) is 0 Å². The third-order valence-corrected chi connectivity index (χ3v) is 4.12. The van der Waals surface area contributed by atoms with Crippen LogP contribution >= 0.6 is 0 Å². The van der Waals surface area contributed by atoms with Gasteiger partial charge in [-0.25, -0.2) is 8.42 Å². The second kappa shape index (κ2) is 4.27. The highest BCUT2D eigenvalue weighted by Crippen LogP contribution is 2.11. The highest BCUT2D eigenvalue weighted by atomic mass is 32.2. The third kappa shape index (κ3) is 2.95. The summed E-state index contributed by atoms with van der Waals surface area (Å²) in [5.41, 5.74) is 5.50. The lowest BCUT2D eigenvalue weighted by molar-refractivity contribution is -0.122. The number of rotatable bonds is 3.